The van der Waals surface area contributed by atoms with Crippen LogP contribution in [-0.2, 0) is 4.79 Å². The lowest BCUT2D eigenvalue weighted by Crippen LogP contribution is -2.23. The summed E-state index contributed by atoms with van der Waals surface area (Å²) in [6.45, 7) is 8.07. The van der Waals surface area contributed by atoms with Gasteiger partial charge in [0.05, 0.1) is 0 Å². The number of nitrogens with one attached hydrogen (secondary N) is 1. The van der Waals surface area contributed by atoms with E-state index in [-0.39, 0.29) is 11.8 Å². The Kier molecular flexibility index (Phi) is 7.05. The van der Waals surface area contributed by atoms with E-state index in [0.717, 1.165) is 25.9 Å². The summed E-state index contributed by atoms with van der Waals surface area (Å²) < 4.78 is 0. The molecular weight excluding hydrogens is 190 g/mol. The maximum absolute atomic E-state index is 10.4. The standard InChI is InChI=1S/C12H23NO2/c1-4-5-9-13-10-8-12(2,3)7-6-11(14)15/h4-5,13H,6-10H2,1-3H3,(H,14,15). The van der Waals surface area contributed by atoms with Crippen molar-refractivity contribution in [3.63, 3.8) is 0 Å². The molecule has 0 amide bonds. The van der Waals surface area contributed by atoms with E-state index in [1.807, 2.05) is 13.0 Å². The second-order valence-corrected chi connectivity index (χ2v) is 4.58. The molecule has 0 aliphatic rings. The van der Waals surface area contributed by atoms with Crippen LogP contribution < -0.4 is 5.32 Å². The third-order valence-electron chi connectivity index (χ3n) is 2.49. The maximum atomic E-state index is 10.4. The number of carbonyl (C=O) groups is 1. The van der Waals surface area contributed by atoms with Crippen molar-refractivity contribution in [3.05, 3.63) is 12.2 Å². The first-order valence-corrected chi connectivity index (χ1v) is 5.51. The molecule has 0 rings (SSSR count). The Hall–Kier alpha value is -0.830. The van der Waals surface area contributed by atoms with Crippen LogP contribution in [0.3, 0.4) is 0 Å². The van der Waals surface area contributed by atoms with E-state index in [4.69, 9.17) is 5.11 Å². The first kappa shape index (κ1) is 14.2. The summed E-state index contributed by atoms with van der Waals surface area (Å²) in [6, 6.07) is 0. The Morgan fingerprint density at radius 2 is 2.07 bits per heavy atom. The molecule has 0 aromatic heterocycles. The highest BCUT2D eigenvalue weighted by Gasteiger charge is 2.18. The molecule has 0 fully saturated rings. The predicted molar refractivity (Wildman–Crippen MR) is 63.0 cm³/mol. The highest BCUT2D eigenvalue weighted by Crippen LogP contribution is 2.25. The number of rotatable bonds is 8. The molecule has 3 nitrogen and oxygen atoms in total. The third kappa shape index (κ3) is 9.47. The van der Waals surface area contributed by atoms with Crippen molar-refractivity contribution in [2.75, 3.05) is 13.1 Å². The lowest BCUT2D eigenvalue weighted by atomic mass is 9.84. The highest BCUT2D eigenvalue weighted by atomic mass is 16.4. The first-order chi connectivity index (χ1) is 6.98. The average molecular weight is 213 g/mol. The minimum Gasteiger partial charge on any atom is -0.481 e. The quantitative estimate of drug-likeness (QED) is 0.481. The molecule has 0 aliphatic carbocycles. The second kappa shape index (κ2) is 7.46. The van der Waals surface area contributed by atoms with Crippen molar-refractivity contribution in [2.24, 2.45) is 5.41 Å². The molecule has 0 heterocycles. The van der Waals surface area contributed by atoms with Crippen molar-refractivity contribution in [1.82, 2.24) is 5.32 Å². The van der Waals surface area contributed by atoms with Crippen molar-refractivity contribution in [3.8, 4) is 0 Å². The summed E-state index contributed by atoms with van der Waals surface area (Å²) in [7, 11) is 0. The lowest BCUT2D eigenvalue weighted by molar-refractivity contribution is -0.137. The largest absolute Gasteiger partial charge is 0.481 e. The van der Waals surface area contributed by atoms with Crippen LogP contribution in [0.2, 0.25) is 0 Å². The number of carboxylic acid groups (broad SMARTS) is 1. The summed E-state index contributed by atoms with van der Waals surface area (Å²) in [5.41, 5.74) is 0.112. The molecular formula is C12H23NO2. The van der Waals surface area contributed by atoms with Crippen molar-refractivity contribution in [1.29, 1.82) is 0 Å². The molecule has 0 unspecified atom stereocenters. The van der Waals surface area contributed by atoms with Gasteiger partial charge in [-0.1, -0.05) is 26.0 Å². The third-order valence-corrected chi connectivity index (χ3v) is 2.49. The number of hydrogen-bond acceptors (Lipinski definition) is 2. The van der Waals surface area contributed by atoms with Crippen LogP contribution in [0.5, 0.6) is 0 Å². The van der Waals surface area contributed by atoms with E-state index in [0.29, 0.717) is 0 Å². The zero-order valence-corrected chi connectivity index (χ0v) is 10.0. The smallest absolute Gasteiger partial charge is 0.303 e. The van der Waals surface area contributed by atoms with Gasteiger partial charge in [0.1, 0.15) is 0 Å². The molecule has 3 heteroatoms. The van der Waals surface area contributed by atoms with Crippen molar-refractivity contribution < 1.29 is 9.90 Å². The second-order valence-electron chi connectivity index (χ2n) is 4.58. The van der Waals surface area contributed by atoms with Gasteiger partial charge in [-0.3, -0.25) is 4.79 Å². The van der Waals surface area contributed by atoms with Gasteiger partial charge in [-0.25, -0.2) is 0 Å². The van der Waals surface area contributed by atoms with Crippen LogP contribution >= 0.6 is 0 Å². The molecule has 15 heavy (non-hydrogen) atoms. The van der Waals surface area contributed by atoms with Gasteiger partial charge >= 0.3 is 5.97 Å². The topological polar surface area (TPSA) is 49.3 Å². The van der Waals surface area contributed by atoms with Crippen LogP contribution in [0.15, 0.2) is 12.2 Å². The first-order valence-electron chi connectivity index (χ1n) is 5.51. The van der Waals surface area contributed by atoms with E-state index in [1.54, 1.807) is 0 Å². The van der Waals surface area contributed by atoms with E-state index in [1.165, 1.54) is 0 Å². The van der Waals surface area contributed by atoms with Gasteiger partial charge in [-0.2, -0.15) is 0 Å². The molecule has 0 aromatic rings. The number of aliphatic carboxylic acids is 1. The van der Waals surface area contributed by atoms with Gasteiger partial charge in [0.2, 0.25) is 0 Å². The fourth-order valence-corrected chi connectivity index (χ4v) is 1.30. The van der Waals surface area contributed by atoms with Crippen LogP contribution in [-0.4, -0.2) is 24.2 Å². The SMILES string of the molecule is CC=CCNCCC(C)(C)CCC(=O)O. The fourth-order valence-electron chi connectivity index (χ4n) is 1.30. The van der Waals surface area contributed by atoms with Gasteiger partial charge < -0.3 is 10.4 Å². The van der Waals surface area contributed by atoms with Gasteiger partial charge in [-0.15, -0.1) is 0 Å². The summed E-state index contributed by atoms with van der Waals surface area (Å²) in [5.74, 6) is -0.704. The number of hydrogen-bond donors (Lipinski definition) is 2. The Balaban J connectivity index is 3.59. The summed E-state index contributed by atoms with van der Waals surface area (Å²) in [4.78, 5) is 10.4. The molecule has 0 atom stereocenters. The average Bonchev–Trinajstić information content (AvgIpc) is 2.15. The summed E-state index contributed by atoms with van der Waals surface area (Å²) in [6.07, 6.45) is 6.11. The molecule has 0 radical (unpaired) electrons. The minimum absolute atomic E-state index is 0.112. The van der Waals surface area contributed by atoms with Crippen molar-refractivity contribution >= 4 is 5.97 Å². The molecule has 0 saturated carbocycles. The van der Waals surface area contributed by atoms with E-state index < -0.39 is 5.97 Å². The van der Waals surface area contributed by atoms with Crippen LogP contribution in [0.25, 0.3) is 0 Å². The molecule has 2 N–H and O–H groups in total. The van der Waals surface area contributed by atoms with E-state index in [9.17, 15) is 4.79 Å². The maximum Gasteiger partial charge on any atom is 0.303 e. The number of carboxylic acids is 1. The fraction of sp³-hybridized carbons (Fsp3) is 0.750. The zero-order chi connectivity index (χ0) is 11.7. The molecule has 0 aliphatic heterocycles. The highest BCUT2D eigenvalue weighted by molar-refractivity contribution is 5.66. The molecule has 88 valence electrons. The minimum atomic E-state index is -0.704. The molecule has 0 aromatic carbocycles. The summed E-state index contributed by atoms with van der Waals surface area (Å²) in [5, 5.41) is 11.9. The molecule has 0 saturated heterocycles. The van der Waals surface area contributed by atoms with Crippen molar-refractivity contribution in [2.45, 2.75) is 40.0 Å². The summed E-state index contributed by atoms with van der Waals surface area (Å²) >= 11 is 0. The van der Waals surface area contributed by atoms with Gasteiger partial charge in [0, 0.05) is 13.0 Å². The Bertz CT molecular complexity index is 210. The normalized spacial score (nSPS) is 12.2. The van der Waals surface area contributed by atoms with Gasteiger partial charge in [0.25, 0.3) is 0 Å². The van der Waals surface area contributed by atoms with Gasteiger partial charge in [0.15, 0.2) is 0 Å². The van der Waals surface area contributed by atoms with Crippen LogP contribution in [0, 0.1) is 5.41 Å². The predicted octanol–water partition coefficient (Wildman–Crippen LogP) is 2.43. The van der Waals surface area contributed by atoms with Crippen LogP contribution in [0.1, 0.15) is 40.0 Å². The monoisotopic (exact) mass is 213 g/mol. The Morgan fingerprint density at radius 3 is 2.60 bits per heavy atom. The molecule has 0 spiro atoms. The Labute approximate surface area is 92.6 Å². The van der Waals surface area contributed by atoms with E-state index >= 15 is 0 Å². The molecule has 0 bridgehead atoms. The number of allylic oxidation sites excluding steroid dienone is 1. The Morgan fingerprint density at radius 1 is 1.40 bits per heavy atom. The lowest BCUT2D eigenvalue weighted by Gasteiger charge is -2.23. The van der Waals surface area contributed by atoms with Crippen LogP contribution in [0.4, 0.5) is 0 Å². The van der Waals surface area contributed by atoms with E-state index in [2.05, 4.69) is 25.2 Å². The zero-order valence-electron chi connectivity index (χ0n) is 10.0. The van der Waals surface area contributed by atoms with Gasteiger partial charge in [-0.05, 0) is 31.7 Å².